The van der Waals surface area contributed by atoms with Gasteiger partial charge in [0.05, 0.1) is 0 Å². The lowest BCUT2D eigenvalue weighted by Gasteiger charge is -2.26. The van der Waals surface area contributed by atoms with Crippen LogP contribution in [0.3, 0.4) is 0 Å². The molecule has 0 aliphatic rings. The van der Waals surface area contributed by atoms with Crippen LogP contribution in [0.25, 0.3) is 77.6 Å². The molecule has 0 aliphatic carbocycles. The van der Waals surface area contributed by atoms with Crippen molar-refractivity contribution in [3.8, 4) is 55.8 Å². The summed E-state index contributed by atoms with van der Waals surface area (Å²) in [5, 5.41) is 3.60. The smallest absolute Gasteiger partial charge is 0.135 e. The Hall–Kier alpha value is -7.42. The number of nitrogens with zero attached hydrogens (tertiary/aromatic N) is 1. The molecule has 0 saturated heterocycles. The fourth-order valence-electron chi connectivity index (χ4n) is 7.71. The Balaban J connectivity index is 0.994. The van der Waals surface area contributed by atoms with E-state index in [1.165, 1.54) is 44.2 Å². The van der Waals surface area contributed by atoms with Gasteiger partial charge in [0.1, 0.15) is 11.3 Å². The average Bonchev–Trinajstić information content (AvgIpc) is 3.72. The first-order valence-corrected chi connectivity index (χ1v) is 19.1. The predicted octanol–water partition coefficient (Wildman–Crippen LogP) is 15.4. The summed E-state index contributed by atoms with van der Waals surface area (Å²) in [4.78, 5) is 2.34. The molecular formula is C54H37NO. The number of para-hydroxylation sites is 1. The minimum atomic E-state index is 0.873. The molecule has 0 saturated carbocycles. The summed E-state index contributed by atoms with van der Waals surface area (Å²) in [5.41, 5.74) is 14.7. The number of furan rings is 1. The summed E-state index contributed by atoms with van der Waals surface area (Å²) in [6.45, 7) is 0. The van der Waals surface area contributed by atoms with Crippen molar-refractivity contribution in [1.82, 2.24) is 0 Å². The Morgan fingerprint density at radius 3 is 1.23 bits per heavy atom. The molecule has 56 heavy (non-hydrogen) atoms. The molecule has 1 heterocycles. The van der Waals surface area contributed by atoms with Gasteiger partial charge >= 0.3 is 0 Å². The quantitative estimate of drug-likeness (QED) is 0.156. The monoisotopic (exact) mass is 715 g/mol. The summed E-state index contributed by atoms with van der Waals surface area (Å²) in [5.74, 6) is 0.873. The summed E-state index contributed by atoms with van der Waals surface area (Å²) in [7, 11) is 0. The van der Waals surface area contributed by atoms with Gasteiger partial charge in [-0.05, 0) is 122 Å². The SMILES string of the molecule is c1ccc(-c2cccc(-c3ccc(N(c4ccc(-c5cccc(-c6cc7ccccc7o6)c5)cc4)c4ccc(-c5ccc6ccccc6c5)cc4)cc3)c2)cc1. The maximum absolute atomic E-state index is 6.20. The molecule has 0 N–H and O–H groups in total. The third-order valence-electron chi connectivity index (χ3n) is 10.7. The van der Waals surface area contributed by atoms with Gasteiger partial charge in [0, 0.05) is 28.0 Å². The number of rotatable bonds is 8. The van der Waals surface area contributed by atoms with E-state index in [1.54, 1.807) is 0 Å². The van der Waals surface area contributed by atoms with E-state index in [4.69, 9.17) is 4.42 Å². The lowest BCUT2D eigenvalue weighted by molar-refractivity contribution is 0.631. The van der Waals surface area contributed by atoms with Gasteiger partial charge in [0.25, 0.3) is 0 Å². The highest BCUT2D eigenvalue weighted by atomic mass is 16.3. The van der Waals surface area contributed by atoms with Gasteiger partial charge in [-0.15, -0.1) is 0 Å². The van der Waals surface area contributed by atoms with E-state index in [1.807, 2.05) is 18.2 Å². The minimum Gasteiger partial charge on any atom is -0.456 e. The molecule has 0 aliphatic heterocycles. The first-order valence-electron chi connectivity index (χ1n) is 19.1. The molecule has 1 aromatic heterocycles. The molecule has 0 radical (unpaired) electrons. The zero-order chi connectivity index (χ0) is 37.3. The summed E-state index contributed by atoms with van der Waals surface area (Å²) >= 11 is 0. The number of benzene rings is 9. The van der Waals surface area contributed by atoms with Crippen molar-refractivity contribution < 1.29 is 4.42 Å². The van der Waals surface area contributed by atoms with Gasteiger partial charge < -0.3 is 9.32 Å². The summed E-state index contributed by atoms with van der Waals surface area (Å²) in [6.07, 6.45) is 0. The molecule has 9 aromatic carbocycles. The Kier molecular flexibility index (Phi) is 8.55. The molecule has 10 rings (SSSR count). The molecule has 0 bridgehead atoms. The molecule has 0 atom stereocenters. The lowest BCUT2D eigenvalue weighted by Crippen LogP contribution is -2.09. The predicted molar refractivity (Wildman–Crippen MR) is 236 cm³/mol. The fraction of sp³-hybridized carbons (Fsp3) is 0. The molecule has 0 unspecified atom stereocenters. The van der Waals surface area contributed by atoms with Crippen LogP contribution >= 0.6 is 0 Å². The second-order valence-electron chi connectivity index (χ2n) is 14.2. The van der Waals surface area contributed by atoms with Gasteiger partial charge in [-0.1, -0.05) is 158 Å². The van der Waals surface area contributed by atoms with Crippen LogP contribution < -0.4 is 4.90 Å². The highest BCUT2D eigenvalue weighted by Gasteiger charge is 2.15. The van der Waals surface area contributed by atoms with Crippen molar-refractivity contribution in [2.24, 2.45) is 0 Å². The molecule has 0 fully saturated rings. The maximum Gasteiger partial charge on any atom is 0.135 e. The molecule has 264 valence electrons. The van der Waals surface area contributed by atoms with Crippen molar-refractivity contribution in [1.29, 1.82) is 0 Å². The van der Waals surface area contributed by atoms with Gasteiger partial charge in [-0.3, -0.25) is 0 Å². The number of hydrogen-bond acceptors (Lipinski definition) is 2. The largest absolute Gasteiger partial charge is 0.456 e. The number of fused-ring (bicyclic) bond motifs is 2. The van der Waals surface area contributed by atoms with Crippen molar-refractivity contribution in [3.05, 3.63) is 224 Å². The minimum absolute atomic E-state index is 0.873. The van der Waals surface area contributed by atoms with E-state index in [-0.39, 0.29) is 0 Å². The zero-order valence-electron chi connectivity index (χ0n) is 30.7. The second kappa shape index (κ2) is 14.4. The van der Waals surface area contributed by atoms with E-state index in [0.717, 1.165) is 50.5 Å². The molecule has 0 spiro atoms. The maximum atomic E-state index is 6.20. The fourth-order valence-corrected chi connectivity index (χ4v) is 7.71. The van der Waals surface area contributed by atoms with Crippen molar-refractivity contribution >= 4 is 38.8 Å². The van der Waals surface area contributed by atoms with Crippen molar-refractivity contribution in [3.63, 3.8) is 0 Å². The van der Waals surface area contributed by atoms with Crippen LogP contribution in [-0.4, -0.2) is 0 Å². The topological polar surface area (TPSA) is 16.4 Å². The van der Waals surface area contributed by atoms with E-state index in [2.05, 4.69) is 211 Å². The van der Waals surface area contributed by atoms with Crippen LogP contribution in [0.4, 0.5) is 17.1 Å². The van der Waals surface area contributed by atoms with Crippen LogP contribution in [-0.2, 0) is 0 Å². The molecular weight excluding hydrogens is 679 g/mol. The van der Waals surface area contributed by atoms with Crippen molar-refractivity contribution in [2.75, 3.05) is 4.90 Å². The first-order chi connectivity index (χ1) is 27.7. The van der Waals surface area contributed by atoms with Crippen molar-refractivity contribution in [2.45, 2.75) is 0 Å². The Morgan fingerprint density at radius 1 is 0.250 bits per heavy atom. The Bertz CT molecular complexity index is 2910. The Morgan fingerprint density at radius 2 is 0.661 bits per heavy atom. The van der Waals surface area contributed by atoms with Gasteiger partial charge in [-0.2, -0.15) is 0 Å². The summed E-state index contributed by atoms with van der Waals surface area (Å²) < 4.78 is 6.20. The summed E-state index contributed by atoms with van der Waals surface area (Å²) in [6, 6.07) is 80.1. The van der Waals surface area contributed by atoms with Crippen LogP contribution in [0, 0.1) is 0 Å². The average molecular weight is 716 g/mol. The van der Waals surface area contributed by atoms with E-state index in [0.29, 0.717) is 0 Å². The molecule has 2 nitrogen and oxygen atoms in total. The Labute approximate surface area is 327 Å². The number of anilines is 3. The second-order valence-corrected chi connectivity index (χ2v) is 14.2. The van der Waals surface area contributed by atoms with Crippen LogP contribution in [0.1, 0.15) is 0 Å². The van der Waals surface area contributed by atoms with Crippen LogP contribution in [0.15, 0.2) is 229 Å². The third kappa shape index (κ3) is 6.55. The van der Waals surface area contributed by atoms with Gasteiger partial charge in [-0.25, -0.2) is 0 Å². The standard InChI is InChI=1S/C54H37NO/c1-2-10-38(11-3-1)44-15-8-16-45(34-44)40-22-28-50(29-23-40)55(52-32-26-42(27-33-52)47-21-20-39-12-4-5-13-43(39)35-47)51-30-24-41(25-31-51)46-17-9-18-48(36-46)54-37-49-14-6-7-19-53(49)56-54/h1-37H. The van der Waals surface area contributed by atoms with E-state index >= 15 is 0 Å². The zero-order valence-corrected chi connectivity index (χ0v) is 30.7. The number of hydrogen-bond donors (Lipinski definition) is 0. The molecule has 2 heteroatoms. The lowest BCUT2D eigenvalue weighted by atomic mass is 9.98. The molecule has 0 amide bonds. The first kappa shape index (κ1) is 33.2. The molecule has 10 aromatic rings. The van der Waals surface area contributed by atoms with Crippen LogP contribution in [0.2, 0.25) is 0 Å². The normalized spacial score (nSPS) is 11.2. The van der Waals surface area contributed by atoms with E-state index < -0.39 is 0 Å². The highest BCUT2D eigenvalue weighted by Crippen LogP contribution is 2.39. The third-order valence-corrected chi connectivity index (χ3v) is 10.7. The van der Waals surface area contributed by atoms with Crippen LogP contribution in [0.5, 0.6) is 0 Å². The van der Waals surface area contributed by atoms with Gasteiger partial charge in [0.2, 0.25) is 0 Å². The van der Waals surface area contributed by atoms with E-state index in [9.17, 15) is 0 Å². The van der Waals surface area contributed by atoms with Gasteiger partial charge in [0.15, 0.2) is 0 Å². The highest BCUT2D eigenvalue weighted by molar-refractivity contribution is 5.88.